The zero-order valence-corrected chi connectivity index (χ0v) is 17.9. The van der Waals surface area contributed by atoms with E-state index < -0.39 is 16.4 Å². The lowest BCUT2D eigenvalue weighted by molar-refractivity contribution is -0.385. The van der Waals surface area contributed by atoms with Gasteiger partial charge in [-0.1, -0.05) is 59.7 Å². The normalized spacial score (nSPS) is 10.9. The minimum Gasteiger partial charge on any atom is -0.502 e. The van der Waals surface area contributed by atoms with E-state index in [1.807, 2.05) is 62.4 Å². The van der Waals surface area contributed by atoms with Gasteiger partial charge in [0, 0.05) is 23.4 Å². The van der Waals surface area contributed by atoms with Crippen LogP contribution in [-0.4, -0.2) is 16.2 Å². The predicted molar refractivity (Wildman–Crippen MR) is 126 cm³/mol. The Kier molecular flexibility index (Phi) is 5.75. The van der Waals surface area contributed by atoms with Crippen LogP contribution in [0.1, 0.15) is 22.3 Å². The molecule has 0 unspecified atom stereocenters. The number of nitro groups is 1. The Bertz CT molecular complexity index is 1410. The van der Waals surface area contributed by atoms with Crippen LogP contribution in [0.25, 0.3) is 22.5 Å². The Hall–Kier alpha value is -4.70. The summed E-state index contributed by atoms with van der Waals surface area (Å²) in [7, 11) is 0. The second-order valence-corrected chi connectivity index (χ2v) is 7.59. The summed E-state index contributed by atoms with van der Waals surface area (Å²) in [5.74, 6) is 0.176. The Labute approximate surface area is 190 Å². The molecule has 0 aliphatic heterocycles. The molecule has 0 atom stereocenters. The maximum Gasteiger partial charge on any atom is 0.311 e. The number of nitro benzene ring substituents is 1. The van der Waals surface area contributed by atoms with Crippen LogP contribution in [0.4, 0.5) is 11.6 Å². The van der Waals surface area contributed by atoms with Gasteiger partial charge in [-0.2, -0.15) is 5.26 Å². The molecule has 4 rings (SSSR count). The lowest BCUT2D eigenvalue weighted by atomic mass is 9.97. The average molecular weight is 437 g/mol. The fraction of sp³-hybridized carbons (Fsp3) is 0.0769. The maximum absolute atomic E-state index is 11.1. The zero-order valence-electron chi connectivity index (χ0n) is 17.9. The molecule has 0 amide bonds. The van der Waals surface area contributed by atoms with E-state index >= 15 is 0 Å². The van der Waals surface area contributed by atoms with Crippen LogP contribution in [-0.2, 0) is 0 Å². The number of aliphatic imine (C=N–C) groups is 1. The quantitative estimate of drug-likeness (QED) is 0.218. The first-order valence-corrected chi connectivity index (χ1v) is 10.1. The Morgan fingerprint density at radius 1 is 1.00 bits per heavy atom. The van der Waals surface area contributed by atoms with E-state index in [0.717, 1.165) is 22.3 Å². The molecule has 7 nitrogen and oxygen atoms in total. The van der Waals surface area contributed by atoms with Crippen molar-refractivity contribution in [1.29, 1.82) is 5.26 Å². The summed E-state index contributed by atoms with van der Waals surface area (Å²) in [5.41, 5.74) is 4.64. The highest BCUT2D eigenvalue weighted by atomic mass is 16.6. The number of hydrogen-bond donors (Lipinski definition) is 1. The molecule has 33 heavy (non-hydrogen) atoms. The number of nitrogens with zero attached hydrogens (tertiary/aromatic N) is 3. The number of rotatable bonds is 5. The monoisotopic (exact) mass is 437 g/mol. The minimum absolute atomic E-state index is 0.0966. The lowest BCUT2D eigenvalue weighted by Crippen LogP contribution is -1.90. The van der Waals surface area contributed by atoms with Gasteiger partial charge in [-0.15, -0.1) is 0 Å². The highest BCUT2D eigenvalue weighted by Gasteiger charge is 2.23. The van der Waals surface area contributed by atoms with Crippen molar-refractivity contribution in [2.45, 2.75) is 13.8 Å². The third-order valence-electron chi connectivity index (χ3n) is 5.18. The molecule has 0 saturated heterocycles. The van der Waals surface area contributed by atoms with Gasteiger partial charge < -0.3 is 9.52 Å². The van der Waals surface area contributed by atoms with Crippen molar-refractivity contribution in [3.05, 3.63) is 99.1 Å². The molecule has 0 radical (unpaired) electrons. The summed E-state index contributed by atoms with van der Waals surface area (Å²) in [5, 5.41) is 30.7. The molecule has 1 N–H and O–H groups in total. The molecular weight excluding hydrogens is 418 g/mol. The van der Waals surface area contributed by atoms with Crippen molar-refractivity contribution in [3.63, 3.8) is 0 Å². The van der Waals surface area contributed by atoms with Crippen molar-refractivity contribution in [1.82, 2.24) is 0 Å². The van der Waals surface area contributed by atoms with Crippen molar-refractivity contribution >= 4 is 17.8 Å². The molecular formula is C26H19N3O4. The Morgan fingerprint density at radius 2 is 1.61 bits per heavy atom. The first-order valence-electron chi connectivity index (χ1n) is 10.1. The van der Waals surface area contributed by atoms with E-state index in [2.05, 4.69) is 11.1 Å². The molecule has 0 saturated carbocycles. The largest absolute Gasteiger partial charge is 0.502 e. The van der Waals surface area contributed by atoms with Crippen LogP contribution in [0, 0.1) is 35.3 Å². The highest BCUT2D eigenvalue weighted by molar-refractivity contribution is 5.90. The summed E-state index contributed by atoms with van der Waals surface area (Å²) in [4.78, 5) is 14.7. The molecule has 0 aliphatic carbocycles. The molecule has 3 aromatic carbocycles. The van der Waals surface area contributed by atoms with Gasteiger partial charge in [-0.25, -0.2) is 4.99 Å². The van der Waals surface area contributed by atoms with Crippen molar-refractivity contribution < 1.29 is 14.4 Å². The van der Waals surface area contributed by atoms with Crippen LogP contribution in [0.2, 0.25) is 0 Å². The van der Waals surface area contributed by atoms with Gasteiger partial charge in [-0.3, -0.25) is 10.1 Å². The predicted octanol–water partition coefficient (Wildman–Crippen LogP) is 6.47. The van der Waals surface area contributed by atoms with Gasteiger partial charge in [0.1, 0.15) is 17.4 Å². The molecule has 7 heteroatoms. The van der Waals surface area contributed by atoms with Crippen molar-refractivity contribution in [3.8, 4) is 34.3 Å². The molecule has 4 aromatic rings. The molecule has 162 valence electrons. The summed E-state index contributed by atoms with van der Waals surface area (Å²) in [6.07, 6.45) is 1.37. The summed E-state index contributed by atoms with van der Waals surface area (Å²) in [6.45, 7) is 3.97. The van der Waals surface area contributed by atoms with Gasteiger partial charge in [0.2, 0.25) is 5.88 Å². The van der Waals surface area contributed by atoms with Gasteiger partial charge in [-0.05, 0) is 37.1 Å². The second-order valence-electron chi connectivity index (χ2n) is 7.59. The third kappa shape index (κ3) is 4.36. The standard InChI is InChI=1S/C26H19N3O4/c1-16-3-8-19(9-4-16)24-21(14-27)26(33-25(24)20-10-5-17(2)6-11-20)28-15-18-7-12-23(30)22(13-18)29(31)32/h3-13,15,30H,1-2H3. The lowest BCUT2D eigenvalue weighted by Gasteiger charge is -2.05. The number of phenols is 1. The van der Waals surface area contributed by atoms with Gasteiger partial charge in [0.15, 0.2) is 5.75 Å². The van der Waals surface area contributed by atoms with Gasteiger partial charge in [0.25, 0.3) is 0 Å². The third-order valence-corrected chi connectivity index (χ3v) is 5.18. The Morgan fingerprint density at radius 3 is 2.18 bits per heavy atom. The topological polar surface area (TPSA) is 113 Å². The summed E-state index contributed by atoms with van der Waals surface area (Å²) in [6, 6.07) is 21.6. The number of nitriles is 1. The molecule has 0 bridgehead atoms. The number of phenolic OH excluding ortho intramolecular Hbond substituents is 1. The number of aromatic hydroxyl groups is 1. The van der Waals surface area contributed by atoms with Crippen LogP contribution >= 0.6 is 0 Å². The zero-order chi connectivity index (χ0) is 23.5. The molecule has 1 heterocycles. The smallest absolute Gasteiger partial charge is 0.311 e. The number of aryl methyl sites for hydroxylation is 2. The summed E-state index contributed by atoms with van der Waals surface area (Å²) >= 11 is 0. The first kappa shape index (κ1) is 21.5. The molecule has 0 fully saturated rings. The van der Waals surface area contributed by atoms with Crippen molar-refractivity contribution in [2.75, 3.05) is 0 Å². The highest BCUT2D eigenvalue weighted by Crippen LogP contribution is 2.42. The number of benzene rings is 3. The van der Waals surface area contributed by atoms with E-state index in [1.54, 1.807) is 0 Å². The van der Waals surface area contributed by atoms with Crippen LogP contribution < -0.4 is 0 Å². The molecule has 0 spiro atoms. The fourth-order valence-corrected chi connectivity index (χ4v) is 3.42. The maximum atomic E-state index is 11.1. The summed E-state index contributed by atoms with van der Waals surface area (Å²) < 4.78 is 6.07. The molecule has 0 aliphatic rings. The minimum atomic E-state index is -0.675. The Balaban J connectivity index is 1.86. The van der Waals surface area contributed by atoms with E-state index in [1.165, 1.54) is 24.4 Å². The number of hydrogen-bond acceptors (Lipinski definition) is 6. The van der Waals surface area contributed by atoms with Crippen LogP contribution in [0.15, 0.2) is 76.1 Å². The van der Waals surface area contributed by atoms with Crippen LogP contribution in [0.5, 0.6) is 5.75 Å². The van der Waals surface area contributed by atoms with E-state index in [-0.39, 0.29) is 11.4 Å². The van der Waals surface area contributed by atoms with E-state index in [4.69, 9.17) is 4.42 Å². The van der Waals surface area contributed by atoms with E-state index in [0.29, 0.717) is 16.9 Å². The fourth-order valence-electron chi connectivity index (χ4n) is 3.42. The average Bonchev–Trinajstić information content (AvgIpc) is 3.17. The SMILES string of the molecule is Cc1ccc(-c2oc(N=Cc3ccc(O)c([N+](=O)[O-])c3)c(C#N)c2-c2ccc(C)cc2)cc1. The van der Waals surface area contributed by atoms with Gasteiger partial charge in [0.05, 0.1) is 4.92 Å². The van der Waals surface area contributed by atoms with E-state index in [9.17, 15) is 20.5 Å². The van der Waals surface area contributed by atoms with Gasteiger partial charge >= 0.3 is 5.69 Å². The second kappa shape index (κ2) is 8.81. The number of furan rings is 1. The first-order chi connectivity index (χ1) is 15.9. The van der Waals surface area contributed by atoms with Crippen molar-refractivity contribution in [2.24, 2.45) is 4.99 Å². The van der Waals surface area contributed by atoms with Crippen LogP contribution in [0.3, 0.4) is 0 Å². The molecule has 1 aromatic heterocycles.